The average molecular weight is 241 g/mol. The third-order valence-electron chi connectivity index (χ3n) is 4.22. The molecule has 0 saturated heterocycles. The van der Waals surface area contributed by atoms with Crippen molar-refractivity contribution in [3.63, 3.8) is 0 Å². The summed E-state index contributed by atoms with van der Waals surface area (Å²) in [5.74, 6) is 0.911. The van der Waals surface area contributed by atoms with Crippen LogP contribution in [0.2, 0.25) is 0 Å². The summed E-state index contributed by atoms with van der Waals surface area (Å²) in [4.78, 5) is 0. The lowest BCUT2D eigenvalue weighted by molar-refractivity contribution is 0.00804. The fraction of sp³-hybridized carbons (Fsp3) is 1.00. The van der Waals surface area contributed by atoms with Crippen LogP contribution in [0.4, 0.5) is 0 Å². The van der Waals surface area contributed by atoms with Crippen molar-refractivity contribution in [3.05, 3.63) is 0 Å². The molecule has 1 rings (SSSR count). The van der Waals surface area contributed by atoms with Crippen LogP contribution in [0.15, 0.2) is 0 Å². The molecule has 102 valence electrons. The van der Waals surface area contributed by atoms with Crippen molar-refractivity contribution in [1.29, 1.82) is 0 Å². The van der Waals surface area contributed by atoms with Gasteiger partial charge in [0, 0.05) is 6.61 Å². The van der Waals surface area contributed by atoms with E-state index in [-0.39, 0.29) is 5.41 Å². The lowest BCUT2D eigenvalue weighted by Gasteiger charge is -2.29. The standard InChI is InChI=1S/C15H31NO/c1-4-13-7-5-8-14(11-13)17-10-6-9-15(2,3)12-16/h13-14H,4-12,16H2,1-3H3. The number of hydrogen-bond acceptors (Lipinski definition) is 2. The monoisotopic (exact) mass is 241 g/mol. The minimum absolute atomic E-state index is 0.280. The second kappa shape index (κ2) is 7.38. The van der Waals surface area contributed by atoms with E-state index < -0.39 is 0 Å². The van der Waals surface area contributed by atoms with E-state index in [0.29, 0.717) is 6.10 Å². The maximum atomic E-state index is 6.01. The van der Waals surface area contributed by atoms with E-state index in [1.54, 1.807) is 0 Å². The van der Waals surface area contributed by atoms with E-state index in [9.17, 15) is 0 Å². The predicted octanol–water partition coefficient (Wildman–Crippen LogP) is 3.74. The molecule has 1 aliphatic rings. The lowest BCUT2D eigenvalue weighted by Crippen LogP contribution is -2.25. The molecule has 0 aromatic carbocycles. The van der Waals surface area contributed by atoms with Gasteiger partial charge in [0.05, 0.1) is 6.10 Å². The van der Waals surface area contributed by atoms with Crippen LogP contribution < -0.4 is 5.73 Å². The first-order chi connectivity index (χ1) is 8.07. The SMILES string of the molecule is CCC1CCCC(OCCCC(C)(C)CN)C1. The number of hydrogen-bond donors (Lipinski definition) is 1. The third-order valence-corrected chi connectivity index (χ3v) is 4.22. The molecule has 0 aromatic heterocycles. The molecular formula is C15H31NO. The molecule has 2 nitrogen and oxygen atoms in total. The molecule has 17 heavy (non-hydrogen) atoms. The minimum Gasteiger partial charge on any atom is -0.378 e. The molecule has 1 aliphatic carbocycles. The van der Waals surface area contributed by atoms with Gasteiger partial charge in [-0.2, -0.15) is 0 Å². The fourth-order valence-electron chi connectivity index (χ4n) is 2.67. The molecule has 0 bridgehead atoms. The molecule has 1 saturated carbocycles. The van der Waals surface area contributed by atoms with Gasteiger partial charge in [0.15, 0.2) is 0 Å². The van der Waals surface area contributed by atoms with Crippen molar-refractivity contribution in [1.82, 2.24) is 0 Å². The summed E-state index contributed by atoms with van der Waals surface area (Å²) < 4.78 is 6.01. The summed E-state index contributed by atoms with van der Waals surface area (Å²) >= 11 is 0. The van der Waals surface area contributed by atoms with Crippen molar-refractivity contribution in [2.24, 2.45) is 17.1 Å². The van der Waals surface area contributed by atoms with Crippen LogP contribution in [0.1, 0.15) is 65.7 Å². The first kappa shape index (κ1) is 15.0. The molecule has 0 amide bonds. The van der Waals surface area contributed by atoms with Gasteiger partial charge in [-0.05, 0) is 43.6 Å². The van der Waals surface area contributed by atoms with E-state index in [1.165, 1.54) is 38.5 Å². The maximum absolute atomic E-state index is 6.01. The van der Waals surface area contributed by atoms with Gasteiger partial charge in [0.2, 0.25) is 0 Å². The second-order valence-electron chi connectivity index (χ2n) is 6.41. The van der Waals surface area contributed by atoms with Gasteiger partial charge in [-0.15, -0.1) is 0 Å². The molecule has 2 heteroatoms. The van der Waals surface area contributed by atoms with Gasteiger partial charge in [0.1, 0.15) is 0 Å². The molecule has 0 heterocycles. The van der Waals surface area contributed by atoms with Crippen molar-refractivity contribution >= 4 is 0 Å². The molecule has 2 N–H and O–H groups in total. The molecule has 1 fully saturated rings. The highest BCUT2D eigenvalue weighted by Gasteiger charge is 2.21. The zero-order valence-corrected chi connectivity index (χ0v) is 12.0. The highest BCUT2D eigenvalue weighted by atomic mass is 16.5. The Morgan fingerprint density at radius 3 is 2.71 bits per heavy atom. The quantitative estimate of drug-likeness (QED) is 0.689. The highest BCUT2D eigenvalue weighted by molar-refractivity contribution is 4.73. The maximum Gasteiger partial charge on any atom is 0.0577 e. The Bertz CT molecular complexity index is 203. The summed E-state index contributed by atoms with van der Waals surface area (Å²) in [5.41, 5.74) is 6.01. The molecular weight excluding hydrogens is 210 g/mol. The Hall–Kier alpha value is -0.0800. The Labute approximate surface area is 107 Å². The molecule has 2 unspecified atom stereocenters. The average Bonchev–Trinajstić information content (AvgIpc) is 2.35. The van der Waals surface area contributed by atoms with Gasteiger partial charge in [-0.1, -0.05) is 40.0 Å². The van der Waals surface area contributed by atoms with Crippen molar-refractivity contribution < 1.29 is 4.74 Å². The van der Waals surface area contributed by atoms with Crippen LogP contribution in [-0.2, 0) is 4.74 Å². The summed E-state index contributed by atoms with van der Waals surface area (Å²) in [6.45, 7) is 8.47. The summed E-state index contributed by atoms with van der Waals surface area (Å²) in [5, 5.41) is 0. The second-order valence-corrected chi connectivity index (χ2v) is 6.41. The Morgan fingerprint density at radius 2 is 2.06 bits per heavy atom. The van der Waals surface area contributed by atoms with Gasteiger partial charge in [0.25, 0.3) is 0 Å². The molecule has 0 aromatic rings. The van der Waals surface area contributed by atoms with Crippen LogP contribution in [0.5, 0.6) is 0 Å². The highest BCUT2D eigenvalue weighted by Crippen LogP contribution is 2.28. The van der Waals surface area contributed by atoms with Crippen LogP contribution in [0.3, 0.4) is 0 Å². The van der Waals surface area contributed by atoms with Gasteiger partial charge < -0.3 is 10.5 Å². The summed E-state index contributed by atoms with van der Waals surface area (Å²) in [6, 6.07) is 0. The minimum atomic E-state index is 0.280. The van der Waals surface area contributed by atoms with Crippen molar-refractivity contribution in [2.75, 3.05) is 13.2 Å². The Balaban J connectivity index is 2.10. The first-order valence-electron chi connectivity index (χ1n) is 7.39. The molecule has 0 aliphatic heterocycles. The summed E-state index contributed by atoms with van der Waals surface area (Å²) in [7, 11) is 0. The van der Waals surface area contributed by atoms with E-state index in [2.05, 4.69) is 20.8 Å². The molecule has 0 spiro atoms. The fourth-order valence-corrected chi connectivity index (χ4v) is 2.67. The Kier molecular flexibility index (Phi) is 6.50. The van der Waals surface area contributed by atoms with Crippen LogP contribution in [0, 0.1) is 11.3 Å². The number of ether oxygens (including phenoxy) is 1. The van der Waals surface area contributed by atoms with Gasteiger partial charge in [-0.25, -0.2) is 0 Å². The topological polar surface area (TPSA) is 35.2 Å². The zero-order valence-electron chi connectivity index (χ0n) is 12.0. The molecule has 0 radical (unpaired) electrons. The van der Waals surface area contributed by atoms with Crippen LogP contribution in [-0.4, -0.2) is 19.3 Å². The predicted molar refractivity (Wildman–Crippen MR) is 74.1 cm³/mol. The first-order valence-corrected chi connectivity index (χ1v) is 7.39. The van der Waals surface area contributed by atoms with E-state index in [0.717, 1.165) is 25.5 Å². The van der Waals surface area contributed by atoms with Crippen LogP contribution in [0.25, 0.3) is 0 Å². The third kappa shape index (κ3) is 5.87. The van der Waals surface area contributed by atoms with Gasteiger partial charge >= 0.3 is 0 Å². The smallest absolute Gasteiger partial charge is 0.0577 e. The number of nitrogens with two attached hydrogens (primary N) is 1. The Morgan fingerprint density at radius 1 is 1.29 bits per heavy atom. The largest absolute Gasteiger partial charge is 0.378 e. The van der Waals surface area contributed by atoms with Crippen LogP contribution >= 0.6 is 0 Å². The van der Waals surface area contributed by atoms with E-state index >= 15 is 0 Å². The molecule has 2 atom stereocenters. The number of rotatable bonds is 7. The van der Waals surface area contributed by atoms with Crippen molar-refractivity contribution in [2.45, 2.75) is 71.8 Å². The van der Waals surface area contributed by atoms with Gasteiger partial charge in [-0.3, -0.25) is 0 Å². The normalized spacial score (nSPS) is 26.1. The van der Waals surface area contributed by atoms with Crippen molar-refractivity contribution in [3.8, 4) is 0 Å². The zero-order chi connectivity index (χ0) is 12.7. The summed E-state index contributed by atoms with van der Waals surface area (Å²) in [6.07, 6.45) is 9.52. The van der Waals surface area contributed by atoms with E-state index in [4.69, 9.17) is 10.5 Å². The van der Waals surface area contributed by atoms with E-state index in [1.807, 2.05) is 0 Å². The lowest BCUT2D eigenvalue weighted by atomic mass is 9.85.